The van der Waals surface area contributed by atoms with E-state index in [-0.39, 0.29) is 24.2 Å². The highest BCUT2D eigenvalue weighted by Gasteiger charge is 2.44. The topological polar surface area (TPSA) is 60.4 Å². The largest absolute Gasteiger partial charge is 0.300 e. The molecule has 0 bridgehead atoms. The third-order valence-corrected chi connectivity index (χ3v) is 4.94. The Kier molecular flexibility index (Phi) is 2.39. The summed E-state index contributed by atoms with van der Waals surface area (Å²) >= 11 is 0. The second kappa shape index (κ2) is 3.31. The Labute approximate surface area is 83.8 Å². The first-order valence-corrected chi connectivity index (χ1v) is 6.40. The molecule has 0 spiro atoms. The lowest BCUT2D eigenvalue weighted by Crippen LogP contribution is -2.44. The molecule has 80 valence electrons. The van der Waals surface area contributed by atoms with Crippen molar-refractivity contribution in [3.8, 4) is 0 Å². The molecule has 1 heterocycles. The molecule has 1 saturated carbocycles. The average molecular weight is 218 g/mol. The molecule has 0 radical (unpaired) electrons. The maximum Gasteiger partial charge on any atom is 0.271 e. The molecule has 0 amide bonds. The SMILES string of the molecule is C[C@@H]1C[C@@H]2CCC(=O)C[C@H]2S(=O)(=O)O1. The van der Waals surface area contributed by atoms with Crippen LogP contribution in [0, 0.1) is 5.92 Å². The number of hydrogen-bond acceptors (Lipinski definition) is 4. The van der Waals surface area contributed by atoms with Crippen molar-refractivity contribution in [2.45, 2.75) is 44.0 Å². The first-order chi connectivity index (χ1) is 6.49. The smallest absolute Gasteiger partial charge is 0.271 e. The maximum absolute atomic E-state index is 11.6. The Morgan fingerprint density at radius 2 is 2.14 bits per heavy atom. The highest BCUT2D eigenvalue weighted by Crippen LogP contribution is 2.36. The Morgan fingerprint density at radius 3 is 2.86 bits per heavy atom. The lowest BCUT2D eigenvalue weighted by molar-refractivity contribution is -0.121. The van der Waals surface area contributed by atoms with E-state index in [0.29, 0.717) is 12.8 Å². The summed E-state index contributed by atoms with van der Waals surface area (Å²) < 4.78 is 28.1. The molecule has 2 fully saturated rings. The van der Waals surface area contributed by atoms with E-state index in [0.717, 1.165) is 6.42 Å². The van der Waals surface area contributed by atoms with E-state index in [4.69, 9.17) is 4.18 Å². The van der Waals surface area contributed by atoms with Crippen LogP contribution in [0.25, 0.3) is 0 Å². The Hall–Kier alpha value is -0.420. The molecule has 0 N–H and O–H groups in total. The van der Waals surface area contributed by atoms with Gasteiger partial charge in [0.1, 0.15) is 5.78 Å². The van der Waals surface area contributed by atoms with Crippen LogP contribution in [-0.2, 0) is 19.1 Å². The molecule has 14 heavy (non-hydrogen) atoms. The van der Waals surface area contributed by atoms with Crippen molar-refractivity contribution in [2.24, 2.45) is 5.92 Å². The third-order valence-electron chi connectivity index (χ3n) is 3.05. The van der Waals surface area contributed by atoms with Gasteiger partial charge in [0.2, 0.25) is 0 Å². The van der Waals surface area contributed by atoms with Gasteiger partial charge < -0.3 is 0 Å². The summed E-state index contributed by atoms with van der Waals surface area (Å²) in [5.41, 5.74) is 0. The first-order valence-electron chi connectivity index (χ1n) is 4.93. The molecule has 1 aliphatic carbocycles. The molecular formula is C9H14O4S. The number of rotatable bonds is 0. The van der Waals surface area contributed by atoms with Crippen molar-refractivity contribution in [3.05, 3.63) is 0 Å². The van der Waals surface area contributed by atoms with Crippen LogP contribution in [0.15, 0.2) is 0 Å². The van der Waals surface area contributed by atoms with Gasteiger partial charge in [0.15, 0.2) is 0 Å². The zero-order valence-corrected chi connectivity index (χ0v) is 8.92. The van der Waals surface area contributed by atoms with Crippen LogP contribution in [0.1, 0.15) is 32.6 Å². The molecule has 0 aromatic rings. The minimum Gasteiger partial charge on any atom is -0.300 e. The van der Waals surface area contributed by atoms with Crippen molar-refractivity contribution in [3.63, 3.8) is 0 Å². The number of ketones is 1. The van der Waals surface area contributed by atoms with Crippen molar-refractivity contribution in [1.29, 1.82) is 0 Å². The number of fused-ring (bicyclic) bond motifs is 1. The quantitative estimate of drug-likeness (QED) is 0.566. The van der Waals surface area contributed by atoms with Gasteiger partial charge in [0, 0.05) is 12.8 Å². The van der Waals surface area contributed by atoms with Crippen LogP contribution in [0.5, 0.6) is 0 Å². The molecule has 0 aromatic carbocycles. The van der Waals surface area contributed by atoms with Crippen molar-refractivity contribution >= 4 is 15.9 Å². The van der Waals surface area contributed by atoms with Crippen LogP contribution in [0.4, 0.5) is 0 Å². The molecular weight excluding hydrogens is 204 g/mol. The predicted octanol–water partition coefficient (Wildman–Crippen LogP) is 0.863. The second-order valence-corrected chi connectivity index (χ2v) is 6.00. The van der Waals surface area contributed by atoms with E-state index < -0.39 is 15.4 Å². The van der Waals surface area contributed by atoms with Crippen LogP contribution in [-0.4, -0.2) is 25.6 Å². The molecule has 1 aliphatic heterocycles. The fraction of sp³-hybridized carbons (Fsp3) is 0.889. The zero-order valence-electron chi connectivity index (χ0n) is 8.10. The van der Waals surface area contributed by atoms with Gasteiger partial charge >= 0.3 is 0 Å². The molecule has 3 atom stereocenters. The van der Waals surface area contributed by atoms with Gasteiger partial charge in [-0.2, -0.15) is 8.42 Å². The van der Waals surface area contributed by atoms with E-state index in [1.807, 2.05) is 0 Å². The zero-order chi connectivity index (χ0) is 10.3. The summed E-state index contributed by atoms with van der Waals surface area (Å²) in [6, 6.07) is 0. The molecule has 2 aliphatic rings. The van der Waals surface area contributed by atoms with E-state index in [1.165, 1.54) is 0 Å². The molecule has 1 saturated heterocycles. The Bertz CT molecular complexity index is 346. The van der Waals surface area contributed by atoms with Crippen LogP contribution in [0.2, 0.25) is 0 Å². The van der Waals surface area contributed by atoms with Gasteiger partial charge in [-0.1, -0.05) is 0 Å². The molecule has 0 unspecified atom stereocenters. The Balaban J connectivity index is 2.25. The lowest BCUT2D eigenvalue weighted by Gasteiger charge is -2.36. The molecule has 0 aromatic heterocycles. The number of hydrogen-bond donors (Lipinski definition) is 0. The van der Waals surface area contributed by atoms with E-state index in [1.54, 1.807) is 6.92 Å². The van der Waals surface area contributed by atoms with E-state index in [9.17, 15) is 13.2 Å². The summed E-state index contributed by atoms with van der Waals surface area (Å²) in [6.45, 7) is 1.77. The third kappa shape index (κ3) is 1.70. The summed E-state index contributed by atoms with van der Waals surface area (Å²) in [6.07, 6.45) is 1.92. The normalized spacial score (nSPS) is 41.8. The van der Waals surface area contributed by atoms with Gasteiger partial charge in [0.05, 0.1) is 11.4 Å². The molecule has 4 nitrogen and oxygen atoms in total. The molecule has 5 heteroatoms. The lowest BCUT2D eigenvalue weighted by atomic mass is 9.84. The fourth-order valence-electron chi connectivity index (χ4n) is 2.40. The predicted molar refractivity (Wildman–Crippen MR) is 50.2 cm³/mol. The Morgan fingerprint density at radius 1 is 1.43 bits per heavy atom. The molecule has 2 rings (SSSR count). The van der Waals surface area contributed by atoms with Gasteiger partial charge in [0.25, 0.3) is 10.1 Å². The van der Waals surface area contributed by atoms with Gasteiger partial charge in [-0.25, -0.2) is 0 Å². The number of carbonyl (C=O) groups is 1. The van der Waals surface area contributed by atoms with Gasteiger partial charge in [-0.05, 0) is 25.7 Å². The van der Waals surface area contributed by atoms with Crippen molar-refractivity contribution < 1.29 is 17.4 Å². The monoisotopic (exact) mass is 218 g/mol. The fourth-order valence-corrected chi connectivity index (χ4v) is 4.19. The van der Waals surface area contributed by atoms with E-state index in [2.05, 4.69) is 0 Å². The summed E-state index contributed by atoms with van der Waals surface area (Å²) in [5.74, 6) is 0.175. The number of carbonyl (C=O) groups excluding carboxylic acids is 1. The highest BCUT2D eigenvalue weighted by atomic mass is 32.2. The minimum absolute atomic E-state index is 0.0491. The maximum atomic E-state index is 11.6. The van der Waals surface area contributed by atoms with Crippen LogP contribution < -0.4 is 0 Å². The standard InChI is InChI=1S/C9H14O4S/c1-6-4-7-2-3-8(10)5-9(7)14(11,12)13-6/h6-7,9H,2-5H2,1H3/t6-,7+,9-/m1/s1. The minimum atomic E-state index is -3.49. The van der Waals surface area contributed by atoms with Gasteiger partial charge in [-0.3, -0.25) is 8.98 Å². The second-order valence-electron chi connectivity index (χ2n) is 4.22. The summed E-state index contributed by atoms with van der Waals surface area (Å²) in [4.78, 5) is 11.2. The first kappa shape index (κ1) is 10.1. The van der Waals surface area contributed by atoms with Gasteiger partial charge in [-0.15, -0.1) is 0 Å². The van der Waals surface area contributed by atoms with Crippen LogP contribution >= 0.6 is 0 Å². The van der Waals surface area contributed by atoms with E-state index >= 15 is 0 Å². The van der Waals surface area contributed by atoms with Crippen molar-refractivity contribution in [1.82, 2.24) is 0 Å². The van der Waals surface area contributed by atoms with Crippen molar-refractivity contribution in [2.75, 3.05) is 0 Å². The summed E-state index contributed by atoms with van der Waals surface area (Å²) in [5, 5.41) is -0.569. The van der Waals surface area contributed by atoms with Crippen LogP contribution in [0.3, 0.4) is 0 Å². The highest BCUT2D eigenvalue weighted by molar-refractivity contribution is 7.87. The number of Topliss-reactive ketones (excluding diaryl/α,β-unsaturated/α-hetero) is 1. The average Bonchev–Trinajstić information content (AvgIpc) is 2.05. The summed E-state index contributed by atoms with van der Waals surface area (Å²) in [7, 11) is -3.49.